The molecule has 0 aliphatic heterocycles. The first-order valence-corrected chi connectivity index (χ1v) is 6.44. The summed E-state index contributed by atoms with van der Waals surface area (Å²) in [6.45, 7) is 1.08. The van der Waals surface area contributed by atoms with Crippen LogP contribution in [0.5, 0.6) is 0 Å². The summed E-state index contributed by atoms with van der Waals surface area (Å²) < 4.78 is 5.65. The monoisotopic (exact) mass is 245 g/mol. The third kappa shape index (κ3) is 4.72. The van der Waals surface area contributed by atoms with Gasteiger partial charge < -0.3 is 9.57 Å². The predicted molar refractivity (Wildman–Crippen MR) is 72.7 cm³/mol. The van der Waals surface area contributed by atoms with Crippen molar-refractivity contribution >= 4 is 6.21 Å². The van der Waals surface area contributed by atoms with Crippen molar-refractivity contribution in [3.05, 3.63) is 48.0 Å². The Labute approximate surface area is 108 Å². The van der Waals surface area contributed by atoms with Crippen LogP contribution in [0.3, 0.4) is 0 Å². The first-order chi connectivity index (χ1) is 8.95. The van der Waals surface area contributed by atoms with Crippen molar-refractivity contribution in [1.29, 1.82) is 0 Å². The molecule has 96 valence electrons. The predicted octanol–water partition coefficient (Wildman–Crippen LogP) is 3.16. The molecule has 0 fully saturated rings. The van der Waals surface area contributed by atoms with E-state index in [1.165, 1.54) is 12.8 Å². The van der Waals surface area contributed by atoms with Crippen molar-refractivity contribution < 1.29 is 9.57 Å². The van der Waals surface area contributed by atoms with Gasteiger partial charge in [-0.25, -0.2) is 0 Å². The van der Waals surface area contributed by atoms with Crippen LogP contribution in [0, 0.1) is 0 Å². The van der Waals surface area contributed by atoms with Crippen LogP contribution in [0.1, 0.15) is 24.8 Å². The molecule has 0 bridgehead atoms. The molecule has 1 aromatic rings. The van der Waals surface area contributed by atoms with Gasteiger partial charge in [-0.3, -0.25) is 0 Å². The fraction of sp³-hybridized carbons (Fsp3) is 0.400. The van der Waals surface area contributed by atoms with Gasteiger partial charge in [-0.2, -0.15) is 0 Å². The molecule has 0 saturated heterocycles. The molecule has 3 nitrogen and oxygen atoms in total. The molecule has 18 heavy (non-hydrogen) atoms. The molecule has 1 aliphatic carbocycles. The van der Waals surface area contributed by atoms with Crippen LogP contribution in [0.2, 0.25) is 0 Å². The lowest BCUT2D eigenvalue weighted by Gasteiger charge is -2.16. The number of hydrogen-bond acceptors (Lipinski definition) is 3. The van der Waals surface area contributed by atoms with Gasteiger partial charge in [-0.15, -0.1) is 0 Å². The number of nitrogens with zero attached hydrogens (tertiary/aromatic N) is 1. The van der Waals surface area contributed by atoms with E-state index in [9.17, 15) is 0 Å². The van der Waals surface area contributed by atoms with Gasteiger partial charge in [0, 0.05) is 0 Å². The molecule has 0 amide bonds. The van der Waals surface area contributed by atoms with E-state index < -0.39 is 0 Å². The summed E-state index contributed by atoms with van der Waals surface area (Å²) in [5.74, 6) is 0. The van der Waals surface area contributed by atoms with Crippen LogP contribution in [0.4, 0.5) is 0 Å². The molecule has 2 rings (SSSR count). The minimum Gasteiger partial charge on any atom is -0.393 e. The molecule has 0 heterocycles. The van der Waals surface area contributed by atoms with Crippen molar-refractivity contribution in [2.75, 3.05) is 13.2 Å². The lowest BCUT2D eigenvalue weighted by Crippen LogP contribution is -2.15. The smallest absolute Gasteiger partial charge is 0.140 e. The number of benzene rings is 1. The summed E-state index contributed by atoms with van der Waals surface area (Å²) in [7, 11) is 0. The Morgan fingerprint density at radius 1 is 1.22 bits per heavy atom. The average molecular weight is 245 g/mol. The molecular weight excluding hydrogens is 226 g/mol. The minimum absolute atomic E-state index is 0.264. The molecule has 0 spiro atoms. The zero-order valence-corrected chi connectivity index (χ0v) is 10.5. The first kappa shape index (κ1) is 12.8. The summed E-state index contributed by atoms with van der Waals surface area (Å²) in [4.78, 5) is 5.15. The molecule has 0 saturated carbocycles. The van der Waals surface area contributed by atoms with E-state index >= 15 is 0 Å². The fourth-order valence-corrected chi connectivity index (χ4v) is 1.85. The van der Waals surface area contributed by atoms with Crippen molar-refractivity contribution in [3.63, 3.8) is 0 Å². The Hall–Kier alpha value is -1.61. The van der Waals surface area contributed by atoms with Gasteiger partial charge in [0.05, 0.1) is 18.9 Å². The summed E-state index contributed by atoms with van der Waals surface area (Å²) in [5, 5.41) is 3.90. The van der Waals surface area contributed by atoms with Gasteiger partial charge in [-0.05, 0) is 24.8 Å². The lowest BCUT2D eigenvalue weighted by atomic mass is 10.1. The molecule has 0 aromatic heterocycles. The highest BCUT2D eigenvalue weighted by Gasteiger charge is 2.07. The maximum absolute atomic E-state index is 5.65. The van der Waals surface area contributed by atoms with E-state index in [1.807, 2.05) is 30.3 Å². The van der Waals surface area contributed by atoms with Gasteiger partial charge in [0.1, 0.15) is 6.61 Å². The molecule has 1 aliphatic rings. The second-order valence-corrected chi connectivity index (χ2v) is 4.25. The number of oxime groups is 1. The lowest BCUT2D eigenvalue weighted by molar-refractivity contribution is 0.0206. The van der Waals surface area contributed by atoms with Crippen LogP contribution in [-0.4, -0.2) is 25.5 Å². The van der Waals surface area contributed by atoms with Gasteiger partial charge >= 0.3 is 0 Å². The molecule has 1 atom stereocenters. The number of ether oxygens (including phenoxy) is 1. The molecule has 1 unspecified atom stereocenters. The maximum Gasteiger partial charge on any atom is 0.140 e. The minimum atomic E-state index is 0.264. The van der Waals surface area contributed by atoms with E-state index in [4.69, 9.17) is 9.57 Å². The highest BCUT2D eigenvalue weighted by atomic mass is 16.6. The quantitative estimate of drug-likeness (QED) is 0.333. The van der Waals surface area contributed by atoms with E-state index in [0.29, 0.717) is 13.2 Å². The van der Waals surface area contributed by atoms with E-state index in [1.54, 1.807) is 6.21 Å². The topological polar surface area (TPSA) is 30.8 Å². The second-order valence-electron chi connectivity index (χ2n) is 4.25. The average Bonchev–Trinajstić information content (AvgIpc) is 2.45. The third-order valence-corrected chi connectivity index (χ3v) is 2.79. The molecule has 1 aromatic carbocycles. The maximum atomic E-state index is 5.65. The third-order valence-electron chi connectivity index (χ3n) is 2.79. The van der Waals surface area contributed by atoms with Gasteiger partial charge in [0.25, 0.3) is 0 Å². The standard InChI is InChI=1S/C15H19NO2/c1-3-7-14(8-4-1)13-16-18-12-11-17-15-9-5-2-6-10-15/h1,3-5,7-9,13,15H,2,6,10-12H2. The van der Waals surface area contributed by atoms with Crippen molar-refractivity contribution in [1.82, 2.24) is 0 Å². The Morgan fingerprint density at radius 2 is 2.11 bits per heavy atom. The highest BCUT2D eigenvalue weighted by molar-refractivity contribution is 5.78. The normalized spacial score (nSPS) is 19.2. The van der Waals surface area contributed by atoms with Gasteiger partial charge in [-0.1, -0.05) is 47.6 Å². The van der Waals surface area contributed by atoms with Crippen molar-refractivity contribution in [3.8, 4) is 0 Å². The van der Waals surface area contributed by atoms with Crippen LogP contribution >= 0.6 is 0 Å². The Kier molecular flexibility index (Phi) is 5.47. The summed E-state index contributed by atoms with van der Waals surface area (Å²) in [6.07, 6.45) is 9.80. The van der Waals surface area contributed by atoms with Crippen LogP contribution in [-0.2, 0) is 9.57 Å². The molecule has 0 radical (unpaired) electrons. The van der Waals surface area contributed by atoms with Crippen LogP contribution in [0.25, 0.3) is 0 Å². The van der Waals surface area contributed by atoms with E-state index in [-0.39, 0.29) is 6.10 Å². The summed E-state index contributed by atoms with van der Waals surface area (Å²) in [6, 6.07) is 9.88. The van der Waals surface area contributed by atoms with Crippen LogP contribution in [0.15, 0.2) is 47.6 Å². The number of allylic oxidation sites excluding steroid dienone is 1. The Morgan fingerprint density at radius 3 is 2.89 bits per heavy atom. The fourth-order valence-electron chi connectivity index (χ4n) is 1.85. The number of hydrogen-bond donors (Lipinski definition) is 0. The van der Waals surface area contributed by atoms with Crippen LogP contribution < -0.4 is 0 Å². The zero-order valence-electron chi connectivity index (χ0n) is 10.5. The largest absolute Gasteiger partial charge is 0.393 e. The van der Waals surface area contributed by atoms with Crippen molar-refractivity contribution in [2.24, 2.45) is 5.16 Å². The Bertz CT molecular complexity index is 387. The summed E-state index contributed by atoms with van der Waals surface area (Å²) in [5.41, 5.74) is 1.04. The first-order valence-electron chi connectivity index (χ1n) is 6.44. The molecule has 0 N–H and O–H groups in total. The molecular formula is C15H19NO2. The summed E-state index contributed by atoms with van der Waals surface area (Å²) >= 11 is 0. The van der Waals surface area contributed by atoms with Crippen molar-refractivity contribution in [2.45, 2.75) is 25.4 Å². The zero-order chi connectivity index (χ0) is 12.5. The second kappa shape index (κ2) is 7.67. The Balaban J connectivity index is 1.57. The van der Waals surface area contributed by atoms with Gasteiger partial charge in [0.15, 0.2) is 0 Å². The highest BCUT2D eigenvalue weighted by Crippen LogP contribution is 2.12. The number of rotatable bonds is 6. The SMILES string of the molecule is C1=CC(OCCON=Cc2ccccc2)CCC1. The van der Waals surface area contributed by atoms with Gasteiger partial charge in [0.2, 0.25) is 0 Å². The van der Waals surface area contributed by atoms with E-state index in [2.05, 4.69) is 17.3 Å². The molecule has 3 heteroatoms. The van der Waals surface area contributed by atoms with E-state index in [0.717, 1.165) is 12.0 Å².